The highest BCUT2D eigenvalue weighted by Gasteiger charge is 2.27. The third kappa shape index (κ3) is 5.84. The van der Waals surface area contributed by atoms with Gasteiger partial charge in [-0.25, -0.2) is 0 Å². The van der Waals surface area contributed by atoms with Crippen molar-refractivity contribution in [1.29, 1.82) is 0 Å². The number of methoxy groups -OCH3 is 1. The summed E-state index contributed by atoms with van der Waals surface area (Å²) in [6.45, 7) is 8.38. The first-order valence-electron chi connectivity index (χ1n) is 6.90. The standard InChI is InChI=1S/C14H29NO2/c1-14(2,3)12-6-5-7-13(9-8-12)15-17-11-10-16-4/h12-13,15H,5-11H2,1-4H3. The Hall–Kier alpha value is -0.120. The van der Waals surface area contributed by atoms with Gasteiger partial charge in [-0.2, -0.15) is 5.48 Å². The molecule has 0 radical (unpaired) electrons. The number of hydrogen-bond acceptors (Lipinski definition) is 3. The summed E-state index contributed by atoms with van der Waals surface area (Å²) in [5.41, 5.74) is 3.64. The summed E-state index contributed by atoms with van der Waals surface area (Å²) < 4.78 is 4.95. The van der Waals surface area contributed by atoms with Crippen LogP contribution in [-0.2, 0) is 9.57 Å². The van der Waals surface area contributed by atoms with Crippen LogP contribution >= 0.6 is 0 Å². The monoisotopic (exact) mass is 243 g/mol. The van der Waals surface area contributed by atoms with E-state index in [2.05, 4.69) is 26.3 Å². The Morgan fingerprint density at radius 2 is 1.82 bits per heavy atom. The van der Waals surface area contributed by atoms with E-state index in [1.54, 1.807) is 7.11 Å². The quantitative estimate of drug-likeness (QED) is 0.457. The number of rotatable bonds is 5. The zero-order valence-electron chi connectivity index (χ0n) is 11.9. The summed E-state index contributed by atoms with van der Waals surface area (Å²) in [4.78, 5) is 5.41. The van der Waals surface area contributed by atoms with Crippen molar-refractivity contribution in [1.82, 2.24) is 5.48 Å². The molecule has 0 amide bonds. The first kappa shape index (κ1) is 14.9. The Kier molecular flexibility index (Phi) is 6.45. The second kappa shape index (κ2) is 7.34. The summed E-state index contributed by atoms with van der Waals surface area (Å²) in [7, 11) is 1.70. The molecule has 3 heteroatoms. The number of nitrogens with one attached hydrogen (secondary N) is 1. The van der Waals surface area contributed by atoms with Gasteiger partial charge in [-0.15, -0.1) is 0 Å². The van der Waals surface area contributed by atoms with Crippen LogP contribution in [0, 0.1) is 11.3 Å². The fraction of sp³-hybridized carbons (Fsp3) is 1.00. The summed E-state index contributed by atoms with van der Waals surface area (Å²) in [5, 5.41) is 0. The van der Waals surface area contributed by atoms with Gasteiger partial charge < -0.3 is 4.74 Å². The van der Waals surface area contributed by atoms with Gasteiger partial charge in [0.2, 0.25) is 0 Å². The minimum absolute atomic E-state index is 0.450. The highest BCUT2D eigenvalue weighted by atomic mass is 16.7. The van der Waals surface area contributed by atoms with Gasteiger partial charge >= 0.3 is 0 Å². The van der Waals surface area contributed by atoms with Crippen LogP contribution in [0.3, 0.4) is 0 Å². The predicted octanol–water partition coefficient (Wildman–Crippen LogP) is 3.15. The molecule has 2 atom stereocenters. The SMILES string of the molecule is COCCONC1CCCC(C(C)(C)C)CC1. The molecule has 2 unspecified atom stereocenters. The molecule has 0 aliphatic heterocycles. The molecule has 0 spiro atoms. The Morgan fingerprint density at radius 1 is 1.06 bits per heavy atom. The van der Waals surface area contributed by atoms with Crippen LogP contribution < -0.4 is 5.48 Å². The summed E-state index contributed by atoms with van der Waals surface area (Å²) in [6.07, 6.45) is 6.45. The van der Waals surface area contributed by atoms with Crippen molar-refractivity contribution in [3.8, 4) is 0 Å². The van der Waals surface area contributed by atoms with Gasteiger partial charge in [0, 0.05) is 13.2 Å². The molecule has 0 aromatic carbocycles. The minimum atomic E-state index is 0.450. The van der Waals surface area contributed by atoms with E-state index in [0.717, 1.165) is 5.92 Å². The van der Waals surface area contributed by atoms with Crippen LogP contribution in [0.1, 0.15) is 52.9 Å². The van der Waals surface area contributed by atoms with E-state index >= 15 is 0 Å². The van der Waals surface area contributed by atoms with Crippen molar-refractivity contribution in [2.45, 2.75) is 58.9 Å². The van der Waals surface area contributed by atoms with E-state index in [0.29, 0.717) is 24.7 Å². The lowest BCUT2D eigenvalue weighted by Crippen LogP contribution is -2.30. The predicted molar refractivity (Wildman–Crippen MR) is 70.8 cm³/mol. The summed E-state index contributed by atoms with van der Waals surface area (Å²) in [6, 6.07) is 0.527. The van der Waals surface area contributed by atoms with E-state index in [1.807, 2.05) is 0 Å². The van der Waals surface area contributed by atoms with Crippen molar-refractivity contribution in [3.05, 3.63) is 0 Å². The van der Waals surface area contributed by atoms with E-state index in [4.69, 9.17) is 9.57 Å². The van der Waals surface area contributed by atoms with Crippen molar-refractivity contribution < 1.29 is 9.57 Å². The van der Waals surface area contributed by atoms with E-state index in [1.165, 1.54) is 32.1 Å². The average Bonchev–Trinajstić information content (AvgIpc) is 2.49. The largest absolute Gasteiger partial charge is 0.382 e. The van der Waals surface area contributed by atoms with Gasteiger partial charge in [-0.3, -0.25) is 4.84 Å². The van der Waals surface area contributed by atoms with E-state index < -0.39 is 0 Å². The molecule has 1 aliphatic carbocycles. The fourth-order valence-electron chi connectivity index (χ4n) is 2.59. The maximum absolute atomic E-state index is 5.41. The maximum atomic E-state index is 5.41. The van der Waals surface area contributed by atoms with Crippen molar-refractivity contribution in [2.24, 2.45) is 11.3 Å². The second-order valence-corrected chi connectivity index (χ2v) is 6.23. The second-order valence-electron chi connectivity index (χ2n) is 6.23. The van der Waals surface area contributed by atoms with E-state index in [9.17, 15) is 0 Å². The van der Waals surface area contributed by atoms with Crippen molar-refractivity contribution >= 4 is 0 Å². The van der Waals surface area contributed by atoms with Gasteiger partial charge in [0.25, 0.3) is 0 Å². The molecule has 102 valence electrons. The smallest absolute Gasteiger partial charge is 0.0915 e. The Morgan fingerprint density at radius 3 is 2.47 bits per heavy atom. The maximum Gasteiger partial charge on any atom is 0.0915 e. The third-order valence-electron chi connectivity index (χ3n) is 3.83. The van der Waals surface area contributed by atoms with Crippen molar-refractivity contribution in [2.75, 3.05) is 20.3 Å². The number of hydrogen-bond donors (Lipinski definition) is 1. The third-order valence-corrected chi connectivity index (χ3v) is 3.83. The topological polar surface area (TPSA) is 30.5 Å². The lowest BCUT2D eigenvalue weighted by atomic mass is 9.76. The molecule has 0 aromatic rings. The van der Waals surface area contributed by atoms with Crippen LogP contribution in [0.5, 0.6) is 0 Å². The number of ether oxygens (including phenoxy) is 1. The lowest BCUT2D eigenvalue weighted by molar-refractivity contribution is -0.0148. The Labute approximate surface area is 106 Å². The average molecular weight is 243 g/mol. The summed E-state index contributed by atoms with van der Waals surface area (Å²) in [5.74, 6) is 0.855. The first-order valence-corrected chi connectivity index (χ1v) is 6.90. The normalized spacial score (nSPS) is 26.8. The van der Waals surface area contributed by atoms with E-state index in [-0.39, 0.29) is 0 Å². The van der Waals surface area contributed by atoms with Crippen LogP contribution in [-0.4, -0.2) is 26.4 Å². The first-order chi connectivity index (χ1) is 8.04. The summed E-state index contributed by atoms with van der Waals surface area (Å²) >= 11 is 0. The molecule has 1 N–H and O–H groups in total. The fourth-order valence-corrected chi connectivity index (χ4v) is 2.59. The molecule has 0 bridgehead atoms. The zero-order valence-corrected chi connectivity index (χ0v) is 11.9. The molecular formula is C14H29NO2. The molecule has 1 fully saturated rings. The highest BCUT2D eigenvalue weighted by Crippen LogP contribution is 2.36. The zero-order chi connectivity index (χ0) is 12.7. The molecular weight excluding hydrogens is 214 g/mol. The lowest BCUT2D eigenvalue weighted by Gasteiger charge is -2.29. The van der Waals surface area contributed by atoms with Crippen LogP contribution in [0.15, 0.2) is 0 Å². The molecule has 17 heavy (non-hydrogen) atoms. The molecule has 0 saturated heterocycles. The highest BCUT2D eigenvalue weighted by molar-refractivity contribution is 4.80. The number of hydroxylamine groups is 1. The van der Waals surface area contributed by atoms with Crippen molar-refractivity contribution in [3.63, 3.8) is 0 Å². The van der Waals surface area contributed by atoms with Gasteiger partial charge in [0.05, 0.1) is 13.2 Å². The van der Waals surface area contributed by atoms with Gasteiger partial charge in [0.15, 0.2) is 0 Å². The minimum Gasteiger partial charge on any atom is -0.382 e. The van der Waals surface area contributed by atoms with Crippen LogP contribution in [0.25, 0.3) is 0 Å². The molecule has 1 saturated carbocycles. The van der Waals surface area contributed by atoms with Gasteiger partial charge in [0.1, 0.15) is 0 Å². The van der Waals surface area contributed by atoms with Crippen LogP contribution in [0.4, 0.5) is 0 Å². The van der Waals surface area contributed by atoms with Crippen LogP contribution in [0.2, 0.25) is 0 Å². The molecule has 3 nitrogen and oxygen atoms in total. The van der Waals surface area contributed by atoms with Gasteiger partial charge in [-0.05, 0) is 37.0 Å². The van der Waals surface area contributed by atoms with Gasteiger partial charge in [-0.1, -0.05) is 27.2 Å². The molecule has 1 aliphatic rings. The molecule has 0 aromatic heterocycles. The molecule has 1 rings (SSSR count). The molecule has 0 heterocycles. The Balaban J connectivity index is 2.23. The Bertz CT molecular complexity index is 201.